The quantitative estimate of drug-likeness (QED) is 0.199. The molecular weight excluding hydrogens is 512 g/mol. The van der Waals surface area contributed by atoms with Crippen molar-refractivity contribution in [3.05, 3.63) is 102 Å². The van der Waals surface area contributed by atoms with Gasteiger partial charge in [0.15, 0.2) is 0 Å². The van der Waals surface area contributed by atoms with Gasteiger partial charge in [0.05, 0.1) is 16.7 Å². The summed E-state index contributed by atoms with van der Waals surface area (Å²) in [6.07, 6.45) is 4.80. The lowest BCUT2D eigenvalue weighted by molar-refractivity contribution is -0.122. The molecule has 0 radical (unpaired) electrons. The molecule has 41 heavy (non-hydrogen) atoms. The minimum absolute atomic E-state index is 0.373. The van der Waals surface area contributed by atoms with E-state index in [-0.39, 0.29) is 11.8 Å². The Hall–Kier alpha value is -4.62. The number of aryl methyl sites for hydroxylation is 1. The van der Waals surface area contributed by atoms with Crippen molar-refractivity contribution in [3.8, 4) is 5.75 Å². The lowest BCUT2D eigenvalue weighted by atomic mass is 9.95. The van der Waals surface area contributed by atoms with E-state index in [4.69, 9.17) is 4.74 Å². The van der Waals surface area contributed by atoms with Crippen LogP contribution in [0.25, 0.3) is 33.0 Å². The molecule has 1 aliphatic rings. The summed E-state index contributed by atoms with van der Waals surface area (Å²) in [7, 11) is 0. The Labute approximate surface area is 239 Å². The summed E-state index contributed by atoms with van der Waals surface area (Å²) in [4.78, 5) is 32.2. The third-order valence-electron chi connectivity index (χ3n) is 7.93. The average Bonchev–Trinajstić information content (AvgIpc) is 3.67. The molecule has 5 aromatic rings. The van der Waals surface area contributed by atoms with Crippen molar-refractivity contribution in [2.45, 2.75) is 33.4 Å². The number of carbonyl (C=O) groups is 2. The third kappa shape index (κ3) is 5.16. The predicted molar refractivity (Wildman–Crippen MR) is 163 cm³/mol. The molecule has 0 bridgehead atoms. The summed E-state index contributed by atoms with van der Waals surface area (Å²) in [5.74, 6) is 0.00987. The number of nitrogens with zero attached hydrogens (tertiary/aromatic N) is 2. The van der Waals surface area contributed by atoms with Crippen LogP contribution in [0.4, 0.5) is 0 Å². The van der Waals surface area contributed by atoms with Crippen molar-refractivity contribution in [3.63, 3.8) is 0 Å². The maximum atomic E-state index is 13.3. The SMILES string of the molecule is CCN(CC)CCCn1cc(C2=C(c3c[nH]c4ccccc34)C(=O)NC2=O)c2ccc(OCc3ccccc3)cc21. The van der Waals surface area contributed by atoms with Crippen LogP contribution in [0.2, 0.25) is 0 Å². The fourth-order valence-electron chi connectivity index (χ4n) is 5.74. The van der Waals surface area contributed by atoms with E-state index in [0.717, 1.165) is 76.8 Å². The lowest BCUT2D eigenvalue weighted by Gasteiger charge is -2.18. The zero-order valence-electron chi connectivity index (χ0n) is 23.4. The molecule has 7 heteroatoms. The first kappa shape index (κ1) is 26.6. The van der Waals surface area contributed by atoms with Crippen LogP contribution in [-0.2, 0) is 22.7 Å². The molecule has 2 aromatic heterocycles. The molecule has 3 heterocycles. The second-order valence-electron chi connectivity index (χ2n) is 10.4. The number of ether oxygens (including phenoxy) is 1. The van der Waals surface area contributed by atoms with Crippen LogP contribution in [0.3, 0.4) is 0 Å². The van der Waals surface area contributed by atoms with E-state index in [1.807, 2.05) is 85.2 Å². The highest BCUT2D eigenvalue weighted by Gasteiger charge is 2.35. The van der Waals surface area contributed by atoms with E-state index in [1.54, 1.807) is 0 Å². The first-order chi connectivity index (χ1) is 20.1. The monoisotopic (exact) mass is 546 g/mol. The molecule has 2 amide bonds. The molecule has 7 nitrogen and oxygen atoms in total. The number of fused-ring (bicyclic) bond motifs is 2. The van der Waals surface area contributed by atoms with Gasteiger partial charge in [-0.15, -0.1) is 0 Å². The van der Waals surface area contributed by atoms with Gasteiger partial charge >= 0.3 is 0 Å². The van der Waals surface area contributed by atoms with Gasteiger partial charge in [-0.2, -0.15) is 0 Å². The molecule has 208 valence electrons. The molecule has 0 saturated carbocycles. The number of nitrogens with one attached hydrogen (secondary N) is 2. The Morgan fingerprint density at radius 3 is 2.34 bits per heavy atom. The number of carbonyl (C=O) groups excluding carboxylic acids is 2. The van der Waals surface area contributed by atoms with E-state index in [1.165, 1.54) is 0 Å². The van der Waals surface area contributed by atoms with Gasteiger partial charge in [-0.3, -0.25) is 14.9 Å². The fourth-order valence-corrected chi connectivity index (χ4v) is 5.74. The van der Waals surface area contributed by atoms with Gasteiger partial charge < -0.3 is 19.2 Å². The van der Waals surface area contributed by atoms with Crippen molar-refractivity contribution in [2.75, 3.05) is 19.6 Å². The van der Waals surface area contributed by atoms with Crippen molar-refractivity contribution in [2.24, 2.45) is 0 Å². The second-order valence-corrected chi connectivity index (χ2v) is 10.4. The molecule has 3 aromatic carbocycles. The first-order valence-corrected chi connectivity index (χ1v) is 14.3. The number of benzene rings is 3. The number of imide groups is 1. The Balaban J connectivity index is 1.44. The molecule has 1 aliphatic heterocycles. The van der Waals surface area contributed by atoms with Gasteiger partial charge in [-0.25, -0.2) is 0 Å². The Kier molecular flexibility index (Phi) is 7.44. The Bertz CT molecular complexity index is 1760. The molecule has 0 fully saturated rings. The number of para-hydroxylation sites is 1. The molecule has 0 atom stereocenters. The summed E-state index contributed by atoms with van der Waals surface area (Å²) >= 11 is 0. The van der Waals surface area contributed by atoms with Gasteiger partial charge in [0.1, 0.15) is 12.4 Å². The normalized spacial score (nSPS) is 13.6. The summed E-state index contributed by atoms with van der Waals surface area (Å²) in [5, 5.41) is 4.38. The highest BCUT2D eigenvalue weighted by atomic mass is 16.5. The number of H-pyrrole nitrogens is 1. The van der Waals surface area contributed by atoms with E-state index in [2.05, 4.69) is 33.6 Å². The van der Waals surface area contributed by atoms with Crippen molar-refractivity contribution >= 4 is 44.8 Å². The topological polar surface area (TPSA) is 79.4 Å². The predicted octanol–water partition coefficient (Wildman–Crippen LogP) is 6.00. The molecule has 0 spiro atoms. The minimum atomic E-state index is -0.375. The van der Waals surface area contributed by atoms with E-state index in [9.17, 15) is 9.59 Å². The van der Waals surface area contributed by atoms with Crippen molar-refractivity contribution < 1.29 is 14.3 Å². The summed E-state index contributed by atoms with van der Waals surface area (Å²) in [6.45, 7) is 8.60. The minimum Gasteiger partial charge on any atom is -0.489 e. The third-order valence-corrected chi connectivity index (χ3v) is 7.93. The number of hydrogen-bond acceptors (Lipinski definition) is 4. The van der Waals surface area contributed by atoms with Gasteiger partial charge in [0.2, 0.25) is 0 Å². The summed E-state index contributed by atoms with van der Waals surface area (Å²) in [5.41, 5.74) is 5.27. The molecule has 0 unspecified atom stereocenters. The van der Waals surface area contributed by atoms with Crippen LogP contribution in [0.15, 0.2) is 85.2 Å². The van der Waals surface area contributed by atoms with Gasteiger partial charge in [-0.05, 0) is 49.8 Å². The molecular formula is C34H34N4O3. The Morgan fingerprint density at radius 1 is 0.829 bits per heavy atom. The standard InChI is InChI=1S/C34H34N4O3/c1-3-37(4-2)17-10-18-38-21-28(26-16-15-24(19-30(26)38)41-22-23-11-6-5-7-12-23)32-31(33(39)36-34(32)40)27-20-35-29-14-9-8-13-25(27)29/h5-9,11-16,19-21,35H,3-4,10,17-18,22H2,1-2H3,(H,36,39,40). The number of hydrogen-bond donors (Lipinski definition) is 2. The van der Waals surface area contributed by atoms with Crippen LogP contribution in [-0.4, -0.2) is 45.9 Å². The summed E-state index contributed by atoms with van der Waals surface area (Å²) < 4.78 is 8.36. The van der Waals surface area contributed by atoms with Crippen molar-refractivity contribution in [1.29, 1.82) is 0 Å². The molecule has 0 saturated heterocycles. The lowest BCUT2D eigenvalue weighted by Crippen LogP contribution is -2.24. The zero-order chi connectivity index (χ0) is 28.3. The van der Waals surface area contributed by atoms with Crippen LogP contribution < -0.4 is 10.1 Å². The van der Waals surface area contributed by atoms with Crippen LogP contribution in [0, 0.1) is 0 Å². The van der Waals surface area contributed by atoms with Gasteiger partial charge in [0.25, 0.3) is 11.8 Å². The number of aromatic amines is 1. The summed E-state index contributed by atoms with van der Waals surface area (Å²) in [6, 6.07) is 23.9. The van der Waals surface area contributed by atoms with E-state index in [0.29, 0.717) is 17.8 Å². The molecule has 2 N–H and O–H groups in total. The maximum Gasteiger partial charge on any atom is 0.259 e. The highest BCUT2D eigenvalue weighted by Crippen LogP contribution is 2.39. The van der Waals surface area contributed by atoms with Gasteiger partial charge in [0, 0.05) is 52.4 Å². The first-order valence-electron chi connectivity index (χ1n) is 14.3. The van der Waals surface area contributed by atoms with Crippen molar-refractivity contribution in [1.82, 2.24) is 19.8 Å². The van der Waals surface area contributed by atoms with Crippen LogP contribution in [0.5, 0.6) is 5.75 Å². The van der Waals surface area contributed by atoms with E-state index < -0.39 is 0 Å². The molecule has 0 aliphatic carbocycles. The fraction of sp³-hybridized carbons (Fsp3) is 0.235. The zero-order valence-corrected chi connectivity index (χ0v) is 23.4. The highest BCUT2D eigenvalue weighted by molar-refractivity contribution is 6.50. The number of rotatable bonds is 11. The van der Waals surface area contributed by atoms with Gasteiger partial charge in [-0.1, -0.05) is 62.4 Å². The molecule has 6 rings (SSSR count). The number of amides is 2. The van der Waals surface area contributed by atoms with Crippen LogP contribution in [0.1, 0.15) is 37.0 Å². The second kappa shape index (κ2) is 11.5. The number of aromatic nitrogens is 2. The van der Waals surface area contributed by atoms with Crippen LogP contribution >= 0.6 is 0 Å². The average molecular weight is 547 g/mol. The maximum absolute atomic E-state index is 13.3. The Morgan fingerprint density at radius 2 is 1.56 bits per heavy atom. The van der Waals surface area contributed by atoms with E-state index >= 15 is 0 Å². The smallest absolute Gasteiger partial charge is 0.259 e. The largest absolute Gasteiger partial charge is 0.489 e.